The summed E-state index contributed by atoms with van der Waals surface area (Å²) < 4.78 is 56.4. The standard InChI is InChI=1S/C21H39F4N5O/c1-13(2)15-4-3-5-17(10-15)27-19-28-18(26-11-14-6-8-16(22)9-7-14)29-20(30-19)31-12-21(23,24)25/h13-20,26-30H,3-12H2,1-2H3. The first kappa shape index (κ1) is 25.1. The molecule has 2 saturated carbocycles. The normalized spacial score (nSPS) is 37.8. The molecule has 0 aromatic rings. The Labute approximate surface area is 183 Å². The van der Waals surface area contributed by atoms with Gasteiger partial charge in [0.1, 0.15) is 25.4 Å². The minimum absolute atomic E-state index is 0.299. The van der Waals surface area contributed by atoms with E-state index in [1.54, 1.807) is 0 Å². The zero-order valence-corrected chi connectivity index (χ0v) is 18.6. The molecule has 0 aromatic heterocycles. The van der Waals surface area contributed by atoms with Gasteiger partial charge in [0.05, 0.1) is 0 Å². The van der Waals surface area contributed by atoms with Crippen LogP contribution in [0.15, 0.2) is 0 Å². The first-order chi connectivity index (χ1) is 14.7. The van der Waals surface area contributed by atoms with Gasteiger partial charge in [-0.3, -0.25) is 26.6 Å². The summed E-state index contributed by atoms with van der Waals surface area (Å²) in [6, 6.07) is 0.299. The van der Waals surface area contributed by atoms with Crippen LogP contribution in [-0.4, -0.2) is 50.5 Å². The van der Waals surface area contributed by atoms with Crippen LogP contribution in [0.5, 0.6) is 0 Å². The molecule has 1 heterocycles. The first-order valence-electron chi connectivity index (χ1n) is 11.8. The van der Waals surface area contributed by atoms with Crippen molar-refractivity contribution in [3.63, 3.8) is 0 Å². The molecule has 10 heteroatoms. The SMILES string of the molecule is CC(C)C1CCCC(NC2NC(NCC3CCC(F)CC3)NC(OCC(F)(F)F)N2)C1. The lowest BCUT2D eigenvalue weighted by Gasteiger charge is -2.42. The average Bonchev–Trinajstić information content (AvgIpc) is 2.71. The Morgan fingerprint density at radius 1 is 0.968 bits per heavy atom. The second-order valence-electron chi connectivity index (χ2n) is 9.73. The second kappa shape index (κ2) is 11.6. The van der Waals surface area contributed by atoms with Gasteiger partial charge < -0.3 is 4.74 Å². The summed E-state index contributed by atoms with van der Waals surface area (Å²) in [6.45, 7) is 3.84. The second-order valence-corrected chi connectivity index (χ2v) is 9.73. The van der Waals surface area contributed by atoms with Gasteiger partial charge in [-0.25, -0.2) is 4.39 Å². The summed E-state index contributed by atoms with van der Waals surface area (Å²) in [4.78, 5) is 0. The van der Waals surface area contributed by atoms with Gasteiger partial charge in [0.15, 0.2) is 6.35 Å². The molecule has 3 rings (SSSR count). The van der Waals surface area contributed by atoms with Crippen LogP contribution >= 0.6 is 0 Å². The topological polar surface area (TPSA) is 69.4 Å². The van der Waals surface area contributed by atoms with Crippen molar-refractivity contribution in [2.75, 3.05) is 13.2 Å². The molecule has 0 bridgehead atoms. The van der Waals surface area contributed by atoms with E-state index in [1.165, 1.54) is 6.42 Å². The molecule has 3 aliphatic rings. The Bertz CT molecular complexity index is 530. The van der Waals surface area contributed by atoms with E-state index in [4.69, 9.17) is 4.74 Å². The molecule has 0 radical (unpaired) electrons. The largest absolute Gasteiger partial charge is 0.411 e. The highest BCUT2D eigenvalue weighted by atomic mass is 19.4. The van der Waals surface area contributed by atoms with Crippen molar-refractivity contribution >= 4 is 0 Å². The zero-order chi connectivity index (χ0) is 22.4. The van der Waals surface area contributed by atoms with Crippen LogP contribution in [0.2, 0.25) is 0 Å². The molecule has 6 nitrogen and oxygen atoms in total. The number of hydrogen-bond donors (Lipinski definition) is 5. The van der Waals surface area contributed by atoms with Crippen LogP contribution in [0.25, 0.3) is 0 Å². The lowest BCUT2D eigenvalue weighted by atomic mass is 9.79. The monoisotopic (exact) mass is 453 g/mol. The molecule has 5 atom stereocenters. The summed E-state index contributed by atoms with van der Waals surface area (Å²) in [5.74, 6) is 1.65. The predicted molar refractivity (Wildman–Crippen MR) is 111 cm³/mol. The maximum absolute atomic E-state index is 13.4. The van der Waals surface area contributed by atoms with Crippen LogP contribution < -0.4 is 26.6 Å². The first-order valence-corrected chi connectivity index (χ1v) is 11.8. The molecule has 0 aromatic carbocycles. The van der Waals surface area contributed by atoms with Crippen LogP contribution in [0.3, 0.4) is 0 Å². The summed E-state index contributed by atoms with van der Waals surface area (Å²) in [7, 11) is 0. The molecule has 2 aliphatic carbocycles. The Kier molecular flexibility index (Phi) is 9.36. The molecule has 182 valence electrons. The molecular formula is C21H39F4N5O. The third-order valence-corrected chi connectivity index (χ3v) is 6.83. The van der Waals surface area contributed by atoms with E-state index < -0.39 is 31.6 Å². The van der Waals surface area contributed by atoms with E-state index in [0.29, 0.717) is 43.2 Å². The maximum atomic E-state index is 13.4. The summed E-state index contributed by atoms with van der Waals surface area (Å²) in [6.07, 6.45) is 0.482. The van der Waals surface area contributed by atoms with E-state index in [0.717, 1.165) is 32.1 Å². The Hall–Kier alpha value is -0.520. The Morgan fingerprint density at radius 2 is 1.68 bits per heavy atom. The van der Waals surface area contributed by atoms with Gasteiger partial charge in [-0.1, -0.05) is 26.7 Å². The fraction of sp³-hybridized carbons (Fsp3) is 1.00. The molecule has 5 N–H and O–H groups in total. The highest BCUT2D eigenvalue weighted by molar-refractivity contribution is 4.85. The average molecular weight is 454 g/mol. The number of hydrogen-bond acceptors (Lipinski definition) is 6. The predicted octanol–water partition coefficient (Wildman–Crippen LogP) is 3.12. The number of ether oxygens (including phenoxy) is 1. The number of rotatable bonds is 8. The van der Waals surface area contributed by atoms with Crippen molar-refractivity contribution in [2.45, 2.75) is 103 Å². The van der Waals surface area contributed by atoms with Gasteiger partial charge in [0.2, 0.25) is 0 Å². The van der Waals surface area contributed by atoms with Crippen LogP contribution in [0, 0.1) is 17.8 Å². The quantitative estimate of drug-likeness (QED) is 0.364. The van der Waals surface area contributed by atoms with Crippen LogP contribution in [0.4, 0.5) is 17.6 Å². The van der Waals surface area contributed by atoms with Gasteiger partial charge in [-0.05, 0) is 56.3 Å². The van der Waals surface area contributed by atoms with E-state index in [-0.39, 0.29) is 6.29 Å². The van der Waals surface area contributed by atoms with E-state index in [1.807, 2.05) is 0 Å². The van der Waals surface area contributed by atoms with Crippen LogP contribution in [-0.2, 0) is 4.74 Å². The third-order valence-electron chi connectivity index (χ3n) is 6.83. The molecular weight excluding hydrogens is 414 g/mol. The van der Waals surface area contributed by atoms with Gasteiger partial charge in [-0.15, -0.1) is 0 Å². The minimum Gasteiger partial charge on any atom is -0.340 e. The van der Waals surface area contributed by atoms with Crippen molar-refractivity contribution in [3.05, 3.63) is 0 Å². The lowest BCUT2D eigenvalue weighted by molar-refractivity contribution is -0.199. The number of alkyl halides is 4. The summed E-state index contributed by atoms with van der Waals surface area (Å²) >= 11 is 0. The molecule has 3 fully saturated rings. The molecule has 1 saturated heterocycles. The zero-order valence-electron chi connectivity index (χ0n) is 18.6. The number of nitrogens with one attached hydrogen (secondary N) is 5. The summed E-state index contributed by atoms with van der Waals surface area (Å²) in [5, 5.41) is 16.3. The van der Waals surface area contributed by atoms with E-state index >= 15 is 0 Å². The Balaban J connectivity index is 1.53. The molecule has 1 aliphatic heterocycles. The molecule has 0 spiro atoms. The fourth-order valence-corrected chi connectivity index (χ4v) is 4.93. The van der Waals surface area contributed by atoms with Gasteiger partial charge in [0, 0.05) is 12.6 Å². The highest BCUT2D eigenvalue weighted by Crippen LogP contribution is 2.30. The maximum Gasteiger partial charge on any atom is 0.411 e. The Morgan fingerprint density at radius 3 is 2.35 bits per heavy atom. The van der Waals surface area contributed by atoms with Crippen molar-refractivity contribution in [3.8, 4) is 0 Å². The highest BCUT2D eigenvalue weighted by Gasteiger charge is 2.34. The van der Waals surface area contributed by atoms with Crippen molar-refractivity contribution in [2.24, 2.45) is 17.8 Å². The van der Waals surface area contributed by atoms with E-state index in [2.05, 4.69) is 40.4 Å². The molecule has 5 unspecified atom stereocenters. The van der Waals surface area contributed by atoms with Crippen molar-refractivity contribution in [1.29, 1.82) is 0 Å². The third kappa shape index (κ3) is 8.74. The number of halogens is 4. The van der Waals surface area contributed by atoms with Gasteiger partial charge >= 0.3 is 6.18 Å². The van der Waals surface area contributed by atoms with Gasteiger partial charge in [0.25, 0.3) is 0 Å². The fourth-order valence-electron chi connectivity index (χ4n) is 4.93. The molecule has 0 amide bonds. The van der Waals surface area contributed by atoms with Crippen LogP contribution in [0.1, 0.15) is 65.2 Å². The minimum atomic E-state index is -4.39. The van der Waals surface area contributed by atoms with Crippen molar-refractivity contribution < 1.29 is 22.3 Å². The lowest BCUT2D eigenvalue weighted by Crippen LogP contribution is -2.76. The molecule has 31 heavy (non-hydrogen) atoms. The smallest absolute Gasteiger partial charge is 0.340 e. The van der Waals surface area contributed by atoms with E-state index in [9.17, 15) is 17.6 Å². The van der Waals surface area contributed by atoms with Gasteiger partial charge in [-0.2, -0.15) is 13.2 Å². The van der Waals surface area contributed by atoms with Crippen molar-refractivity contribution in [1.82, 2.24) is 26.6 Å². The summed E-state index contributed by atoms with van der Waals surface area (Å²) in [5.41, 5.74) is 0.